The number of rotatable bonds is 1. The quantitative estimate of drug-likeness (QED) is 0.713. The van der Waals surface area contributed by atoms with Gasteiger partial charge in [-0.1, -0.05) is 0 Å². The smallest absolute Gasteiger partial charge is 0.407 e. The number of hydrogen-bond acceptors (Lipinski definition) is 5. The number of ether oxygens (including phenoxy) is 1. The van der Waals surface area contributed by atoms with Crippen molar-refractivity contribution < 1.29 is 19.1 Å². The van der Waals surface area contributed by atoms with E-state index in [-0.39, 0.29) is 17.9 Å². The van der Waals surface area contributed by atoms with Crippen molar-refractivity contribution in [3.8, 4) is 0 Å². The molecule has 0 aliphatic carbocycles. The normalized spacial score (nSPS) is 29.7. The van der Waals surface area contributed by atoms with E-state index in [2.05, 4.69) is 10.6 Å². The number of carbonyl (C=O) groups excluding carboxylic acids is 3. The Morgan fingerprint density at radius 2 is 2.00 bits per heavy atom. The van der Waals surface area contributed by atoms with Crippen molar-refractivity contribution >= 4 is 29.7 Å². The molecule has 3 aliphatic rings. The molecule has 22 heavy (non-hydrogen) atoms. The number of amides is 3. The van der Waals surface area contributed by atoms with Crippen molar-refractivity contribution in [1.29, 1.82) is 0 Å². The molecule has 7 nitrogen and oxygen atoms in total. The molecule has 0 radical (unpaired) electrons. The molecule has 0 bridgehead atoms. The Hall–Kier alpha value is -1.44. The van der Waals surface area contributed by atoms with Gasteiger partial charge < -0.3 is 20.3 Å². The van der Waals surface area contributed by atoms with Gasteiger partial charge in [0, 0.05) is 31.7 Å². The molecule has 1 atom stereocenters. The lowest BCUT2D eigenvalue weighted by molar-refractivity contribution is -0.139. The molecule has 0 unspecified atom stereocenters. The van der Waals surface area contributed by atoms with E-state index in [4.69, 9.17) is 4.74 Å². The molecule has 122 valence electrons. The van der Waals surface area contributed by atoms with E-state index in [0.29, 0.717) is 38.2 Å². The number of likely N-dealkylation sites (tertiary alicyclic amines) is 1. The summed E-state index contributed by atoms with van der Waals surface area (Å²) < 4.78 is 4.87. The first-order chi connectivity index (χ1) is 10.3. The summed E-state index contributed by atoms with van der Waals surface area (Å²) in [5.41, 5.74) is -0.458. The lowest BCUT2D eigenvalue weighted by atomic mass is 9.91. The predicted octanol–water partition coefficient (Wildman–Crippen LogP) is 0.0976. The van der Waals surface area contributed by atoms with Crippen molar-refractivity contribution in [3.63, 3.8) is 0 Å². The third-order valence-corrected chi connectivity index (χ3v) is 6.02. The zero-order valence-corrected chi connectivity index (χ0v) is 13.6. The highest BCUT2D eigenvalue weighted by Gasteiger charge is 2.45. The van der Waals surface area contributed by atoms with E-state index in [9.17, 15) is 14.4 Å². The second kappa shape index (κ2) is 5.33. The van der Waals surface area contributed by atoms with Gasteiger partial charge in [-0.15, -0.1) is 11.8 Å². The molecule has 2 N–H and O–H groups in total. The molecule has 0 aromatic carbocycles. The number of alkyl carbamates (subject to hydrolysis) is 1. The van der Waals surface area contributed by atoms with E-state index in [1.165, 1.54) is 11.8 Å². The molecule has 3 aliphatic heterocycles. The fourth-order valence-electron chi connectivity index (χ4n) is 3.00. The molecule has 0 aromatic heterocycles. The lowest BCUT2D eigenvalue weighted by Gasteiger charge is -2.40. The molecule has 3 rings (SSSR count). The van der Waals surface area contributed by atoms with Gasteiger partial charge in [0.15, 0.2) is 0 Å². The minimum absolute atomic E-state index is 0.0384. The summed E-state index contributed by atoms with van der Waals surface area (Å²) in [6.07, 6.45) is 0.894. The van der Waals surface area contributed by atoms with Crippen LogP contribution in [-0.2, 0) is 14.3 Å². The first-order valence-electron chi connectivity index (χ1n) is 7.52. The topological polar surface area (TPSA) is 87.7 Å². The minimum Gasteiger partial charge on any atom is -0.441 e. The fraction of sp³-hybridized carbons (Fsp3) is 0.786. The number of piperidine rings is 1. The van der Waals surface area contributed by atoms with Crippen LogP contribution in [0.3, 0.4) is 0 Å². The molecular weight excluding hydrogens is 306 g/mol. The van der Waals surface area contributed by atoms with Crippen LogP contribution >= 0.6 is 11.8 Å². The van der Waals surface area contributed by atoms with E-state index in [0.717, 1.165) is 0 Å². The lowest BCUT2D eigenvalue weighted by Crippen LogP contribution is -2.59. The van der Waals surface area contributed by atoms with Crippen LogP contribution < -0.4 is 10.6 Å². The number of nitrogens with zero attached hydrogens (tertiary/aromatic N) is 1. The van der Waals surface area contributed by atoms with Crippen LogP contribution in [0.1, 0.15) is 26.7 Å². The third kappa shape index (κ3) is 2.76. The van der Waals surface area contributed by atoms with Crippen molar-refractivity contribution in [2.75, 3.05) is 25.4 Å². The Balaban J connectivity index is 1.56. The fourth-order valence-corrected chi connectivity index (χ4v) is 4.00. The number of thioether (sulfide) groups is 1. The van der Waals surface area contributed by atoms with Gasteiger partial charge in [0.2, 0.25) is 11.8 Å². The van der Waals surface area contributed by atoms with Gasteiger partial charge in [-0.2, -0.15) is 0 Å². The van der Waals surface area contributed by atoms with Crippen LogP contribution in [-0.4, -0.2) is 64.6 Å². The molecule has 3 saturated heterocycles. The van der Waals surface area contributed by atoms with Crippen molar-refractivity contribution in [1.82, 2.24) is 15.5 Å². The molecule has 0 saturated carbocycles. The summed E-state index contributed by atoms with van der Waals surface area (Å²) in [7, 11) is 0. The highest BCUT2D eigenvalue weighted by atomic mass is 32.2. The molecule has 3 fully saturated rings. The van der Waals surface area contributed by atoms with Gasteiger partial charge in [0.1, 0.15) is 11.6 Å². The maximum Gasteiger partial charge on any atom is 0.407 e. The Bertz CT molecular complexity index is 514. The first kappa shape index (κ1) is 15.5. The van der Waals surface area contributed by atoms with Gasteiger partial charge in [0.25, 0.3) is 0 Å². The Labute approximate surface area is 133 Å². The third-order valence-electron chi connectivity index (χ3n) is 4.61. The highest BCUT2D eigenvalue weighted by Crippen LogP contribution is 2.32. The summed E-state index contributed by atoms with van der Waals surface area (Å²) in [6.45, 7) is 5.33. The maximum atomic E-state index is 12.6. The zero-order valence-electron chi connectivity index (χ0n) is 12.8. The van der Waals surface area contributed by atoms with Gasteiger partial charge in [-0.3, -0.25) is 9.59 Å². The Morgan fingerprint density at radius 1 is 1.32 bits per heavy atom. The second-order valence-electron chi connectivity index (χ2n) is 6.60. The van der Waals surface area contributed by atoms with E-state index in [1.54, 1.807) is 4.90 Å². The second-order valence-corrected chi connectivity index (χ2v) is 8.24. The van der Waals surface area contributed by atoms with Crippen molar-refractivity contribution in [2.45, 2.75) is 43.1 Å². The van der Waals surface area contributed by atoms with Crippen LogP contribution in [0.5, 0.6) is 0 Å². The van der Waals surface area contributed by atoms with Gasteiger partial charge in [0.05, 0.1) is 11.3 Å². The predicted molar refractivity (Wildman–Crippen MR) is 81.5 cm³/mol. The van der Waals surface area contributed by atoms with Crippen LogP contribution in [0, 0.1) is 0 Å². The average Bonchev–Trinajstić information content (AvgIpc) is 2.83. The Morgan fingerprint density at radius 3 is 2.55 bits per heavy atom. The maximum absolute atomic E-state index is 12.6. The van der Waals surface area contributed by atoms with Crippen LogP contribution in [0.25, 0.3) is 0 Å². The largest absolute Gasteiger partial charge is 0.441 e. The molecular formula is C14H21N3O4S. The van der Waals surface area contributed by atoms with E-state index >= 15 is 0 Å². The summed E-state index contributed by atoms with van der Waals surface area (Å²) in [4.78, 5) is 37.5. The summed E-state index contributed by atoms with van der Waals surface area (Å²) in [5.74, 6) is 0.462. The van der Waals surface area contributed by atoms with E-state index < -0.39 is 16.4 Å². The van der Waals surface area contributed by atoms with Crippen LogP contribution in [0.15, 0.2) is 0 Å². The van der Waals surface area contributed by atoms with Gasteiger partial charge in [-0.05, 0) is 13.8 Å². The van der Waals surface area contributed by atoms with Gasteiger partial charge >= 0.3 is 6.09 Å². The summed E-state index contributed by atoms with van der Waals surface area (Å²) in [5, 5.41) is 5.50. The summed E-state index contributed by atoms with van der Waals surface area (Å²) >= 11 is 1.51. The first-order valence-corrected chi connectivity index (χ1v) is 8.50. The monoisotopic (exact) mass is 327 g/mol. The standard InChI is InChI=1S/C14H21N3O4S/c1-13(2)11(19)16-9(7-22-13)10(18)17-5-3-14(4-6-17)8-15-12(20)21-14/h9H,3-8H2,1-2H3,(H,15,20)(H,16,19)/t9-/m1/s1. The van der Waals surface area contributed by atoms with Gasteiger partial charge in [-0.25, -0.2) is 4.79 Å². The SMILES string of the molecule is CC1(C)SC[C@H](C(=O)N2CCC3(CC2)CNC(=O)O3)NC1=O. The van der Waals surface area contributed by atoms with Crippen molar-refractivity contribution in [2.24, 2.45) is 0 Å². The van der Waals surface area contributed by atoms with E-state index in [1.807, 2.05) is 13.8 Å². The Kier molecular flexibility index (Phi) is 3.74. The molecule has 0 aromatic rings. The number of carbonyl (C=O) groups is 3. The molecule has 3 amide bonds. The average molecular weight is 327 g/mol. The summed E-state index contributed by atoms with van der Waals surface area (Å²) in [6, 6.07) is -0.455. The highest BCUT2D eigenvalue weighted by molar-refractivity contribution is 8.01. The van der Waals surface area contributed by atoms with Crippen LogP contribution in [0.2, 0.25) is 0 Å². The van der Waals surface area contributed by atoms with Crippen LogP contribution in [0.4, 0.5) is 4.79 Å². The molecule has 3 heterocycles. The zero-order chi connectivity index (χ0) is 16.0. The number of hydrogen-bond donors (Lipinski definition) is 2. The molecule has 1 spiro atoms. The van der Waals surface area contributed by atoms with Crippen molar-refractivity contribution in [3.05, 3.63) is 0 Å². The molecule has 8 heteroatoms. The minimum atomic E-state index is -0.480. The number of nitrogens with one attached hydrogen (secondary N) is 2.